The van der Waals surface area contributed by atoms with E-state index in [1.54, 1.807) is 18.2 Å². The number of amides is 2. The maximum Gasteiger partial charge on any atom is 0.261 e. The van der Waals surface area contributed by atoms with Gasteiger partial charge >= 0.3 is 0 Å². The Hall–Kier alpha value is -2.70. The van der Waals surface area contributed by atoms with Gasteiger partial charge in [0.05, 0.1) is 17.2 Å². The standard InChI is InChI=1S/C16H18N4O3/c17-15(22)13-6-3-8-20(13)14(21)7-9-19-10-18-12-5-2-1-4-11(12)16(19)23/h1-2,4-5,10,13H,3,6-9H2,(H2,17,22)/t13-/m1/s1. The summed E-state index contributed by atoms with van der Waals surface area (Å²) in [5, 5.41) is 0.527. The third kappa shape index (κ3) is 2.94. The van der Waals surface area contributed by atoms with Crippen LogP contribution < -0.4 is 11.3 Å². The molecule has 2 heterocycles. The van der Waals surface area contributed by atoms with E-state index in [1.165, 1.54) is 15.8 Å². The summed E-state index contributed by atoms with van der Waals surface area (Å²) in [6.45, 7) is 0.773. The van der Waals surface area contributed by atoms with E-state index in [9.17, 15) is 14.4 Å². The summed E-state index contributed by atoms with van der Waals surface area (Å²) in [5.74, 6) is -0.633. The molecular formula is C16H18N4O3. The zero-order chi connectivity index (χ0) is 16.4. The molecule has 2 aromatic rings. The molecule has 120 valence electrons. The Kier molecular flexibility index (Phi) is 4.10. The van der Waals surface area contributed by atoms with Gasteiger partial charge in [0.25, 0.3) is 5.56 Å². The SMILES string of the molecule is NC(=O)[C@H]1CCCN1C(=O)CCn1cnc2ccccc2c1=O. The van der Waals surface area contributed by atoms with E-state index < -0.39 is 11.9 Å². The lowest BCUT2D eigenvalue weighted by atomic mass is 10.2. The first-order chi connectivity index (χ1) is 11.1. The topological polar surface area (TPSA) is 98.3 Å². The maximum absolute atomic E-state index is 12.4. The van der Waals surface area contributed by atoms with Gasteiger partial charge in [0.15, 0.2) is 0 Å². The van der Waals surface area contributed by atoms with Crippen LogP contribution in [-0.2, 0) is 16.1 Å². The van der Waals surface area contributed by atoms with Crippen molar-refractivity contribution in [2.24, 2.45) is 5.73 Å². The van der Waals surface area contributed by atoms with Gasteiger partial charge in [0, 0.05) is 19.5 Å². The monoisotopic (exact) mass is 314 g/mol. The number of likely N-dealkylation sites (tertiary alicyclic amines) is 1. The largest absolute Gasteiger partial charge is 0.368 e. The molecule has 23 heavy (non-hydrogen) atoms. The molecule has 0 radical (unpaired) electrons. The Labute approximate surface area is 132 Å². The number of primary amides is 1. The molecule has 1 fully saturated rings. The van der Waals surface area contributed by atoms with Crippen LogP contribution in [0.15, 0.2) is 35.4 Å². The molecule has 0 bridgehead atoms. The summed E-state index contributed by atoms with van der Waals surface area (Å²) in [6.07, 6.45) is 2.98. The molecule has 1 aliphatic heterocycles. The Balaban J connectivity index is 1.73. The predicted molar refractivity (Wildman–Crippen MR) is 84.5 cm³/mol. The minimum atomic E-state index is -0.519. The molecule has 1 atom stereocenters. The summed E-state index contributed by atoms with van der Waals surface area (Å²) >= 11 is 0. The van der Waals surface area contributed by atoms with E-state index in [2.05, 4.69) is 4.98 Å². The van der Waals surface area contributed by atoms with E-state index >= 15 is 0 Å². The van der Waals surface area contributed by atoms with Crippen molar-refractivity contribution >= 4 is 22.7 Å². The molecule has 0 spiro atoms. The Morgan fingerprint density at radius 3 is 2.87 bits per heavy atom. The summed E-state index contributed by atoms with van der Waals surface area (Å²) in [6, 6.07) is 6.57. The van der Waals surface area contributed by atoms with Gasteiger partial charge in [-0.15, -0.1) is 0 Å². The molecule has 0 aliphatic carbocycles. The molecule has 1 aromatic heterocycles. The van der Waals surface area contributed by atoms with Gasteiger partial charge in [0.2, 0.25) is 11.8 Å². The van der Waals surface area contributed by atoms with Crippen LogP contribution in [0, 0.1) is 0 Å². The second-order valence-electron chi connectivity index (χ2n) is 5.66. The number of aromatic nitrogens is 2. The molecule has 3 rings (SSSR count). The summed E-state index contributed by atoms with van der Waals surface area (Å²) in [7, 11) is 0. The zero-order valence-corrected chi connectivity index (χ0v) is 12.6. The highest BCUT2D eigenvalue weighted by Crippen LogP contribution is 2.18. The summed E-state index contributed by atoms with van der Waals surface area (Å²) < 4.78 is 1.43. The van der Waals surface area contributed by atoms with Crippen molar-refractivity contribution in [3.05, 3.63) is 40.9 Å². The molecule has 0 unspecified atom stereocenters. The van der Waals surface area contributed by atoms with Crippen molar-refractivity contribution in [2.75, 3.05) is 6.54 Å². The van der Waals surface area contributed by atoms with Crippen LogP contribution in [-0.4, -0.2) is 38.9 Å². The van der Waals surface area contributed by atoms with Gasteiger partial charge in [-0.05, 0) is 25.0 Å². The van der Waals surface area contributed by atoms with E-state index in [4.69, 9.17) is 5.73 Å². The molecule has 1 aliphatic rings. The van der Waals surface area contributed by atoms with Crippen molar-refractivity contribution in [2.45, 2.75) is 31.8 Å². The first kappa shape index (κ1) is 15.2. The van der Waals surface area contributed by atoms with E-state index in [1.807, 2.05) is 6.07 Å². The molecule has 2 N–H and O–H groups in total. The summed E-state index contributed by atoms with van der Waals surface area (Å²) in [5.41, 5.74) is 5.78. The number of benzene rings is 1. The van der Waals surface area contributed by atoms with Crippen LogP contribution in [0.2, 0.25) is 0 Å². The van der Waals surface area contributed by atoms with Crippen LogP contribution in [0.5, 0.6) is 0 Å². The minimum absolute atomic E-state index is 0.143. The number of hydrogen-bond donors (Lipinski definition) is 1. The van der Waals surface area contributed by atoms with Crippen LogP contribution in [0.4, 0.5) is 0 Å². The van der Waals surface area contributed by atoms with Gasteiger partial charge in [-0.1, -0.05) is 12.1 Å². The molecule has 0 saturated carbocycles. The Morgan fingerprint density at radius 1 is 1.30 bits per heavy atom. The van der Waals surface area contributed by atoms with Crippen molar-refractivity contribution in [3.63, 3.8) is 0 Å². The first-order valence-electron chi connectivity index (χ1n) is 7.61. The predicted octanol–water partition coefficient (Wildman–Crippen LogP) is 0.263. The average molecular weight is 314 g/mol. The lowest BCUT2D eigenvalue weighted by Crippen LogP contribution is -2.44. The van der Waals surface area contributed by atoms with Crippen LogP contribution in [0.1, 0.15) is 19.3 Å². The Morgan fingerprint density at radius 2 is 2.09 bits per heavy atom. The van der Waals surface area contributed by atoms with Crippen LogP contribution in [0.3, 0.4) is 0 Å². The van der Waals surface area contributed by atoms with Crippen molar-refractivity contribution < 1.29 is 9.59 Å². The number of nitrogens with two attached hydrogens (primary N) is 1. The molecule has 1 saturated heterocycles. The van der Waals surface area contributed by atoms with Gasteiger partial charge in [0.1, 0.15) is 6.04 Å². The third-order valence-electron chi connectivity index (χ3n) is 4.20. The van der Waals surface area contributed by atoms with Crippen molar-refractivity contribution in [3.8, 4) is 0 Å². The molecule has 1 aromatic carbocycles. The number of carbonyl (C=O) groups is 2. The second-order valence-corrected chi connectivity index (χ2v) is 5.66. The quantitative estimate of drug-likeness (QED) is 0.875. The van der Waals surface area contributed by atoms with Crippen LogP contribution in [0.25, 0.3) is 10.9 Å². The van der Waals surface area contributed by atoms with E-state index in [0.29, 0.717) is 23.9 Å². The van der Waals surface area contributed by atoms with Crippen molar-refractivity contribution in [1.29, 1.82) is 0 Å². The van der Waals surface area contributed by atoms with Gasteiger partial charge < -0.3 is 10.6 Å². The van der Waals surface area contributed by atoms with E-state index in [-0.39, 0.29) is 24.4 Å². The highest BCUT2D eigenvalue weighted by atomic mass is 16.2. The molecule has 7 heteroatoms. The van der Waals surface area contributed by atoms with E-state index in [0.717, 1.165) is 6.42 Å². The number of rotatable bonds is 4. The van der Waals surface area contributed by atoms with Gasteiger partial charge in [-0.25, -0.2) is 4.98 Å². The highest BCUT2D eigenvalue weighted by Gasteiger charge is 2.32. The lowest BCUT2D eigenvalue weighted by Gasteiger charge is -2.22. The average Bonchev–Trinajstić information content (AvgIpc) is 3.04. The number of hydrogen-bond acceptors (Lipinski definition) is 4. The third-order valence-corrected chi connectivity index (χ3v) is 4.20. The fraction of sp³-hybridized carbons (Fsp3) is 0.375. The number of carbonyl (C=O) groups excluding carboxylic acids is 2. The van der Waals surface area contributed by atoms with Crippen molar-refractivity contribution in [1.82, 2.24) is 14.5 Å². The summed E-state index contributed by atoms with van der Waals surface area (Å²) in [4.78, 5) is 41.7. The smallest absolute Gasteiger partial charge is 0.261 e. The van der Waals surface area contributed by atoms with Crippen LogP contribution >= 0.6 is 0 Å². The minimum Gasteiger partial charge on any atom is -0.368 e. The fourth-order valence-electron chi connectivity index (χ4n) is 2.99. The number of para-hydroxylation sites is 1. The maximum atomic E-state index is 12.4. The first-order valence-corrected chi connectivity index (χ1v) is 7.61. The Bertz CT molecular complexity index is 814. The molecular weight excluding hydrogens is 296 g/mol. The molecule has 7 nitrogen and oxygen atoms in total. The number of aryl methyl sites for hydroxylation is 1. The normalized spacial score (nSPS) is 17.6. The molecule has 2 amide bonds. The second kappa shape index (κ2) is 6.20. The fourth-order valence-corrected chi connectivity index (χ4v) is 2.99. The van der Waals surface area contributed by atoms with Gasteiger partial charge in [-0.2, -0.15) is 0 Å². The zero-order valence-electron chi connectivity index (χ0n) is 12.6. The van der Waals surface area contributed by atoms with Gasteiger partial charge in [-0.3, -0.25) is 19.0 Å². The highest BCUT2D eigenvalue weighted by molar-refractivity contribution is 5.87. The number of fused-ring (bicyclic) bond motifs is 1. The number of nitrogens with zero attached hydrogens (tertiary/aromatic N) is 3. The lowest BCUT2D eigenvalue weighted by molar-refractivity contribution is -0.137.